The normalized spacial score (nSPS) is 11.5. The predicted molar refractivity (Wildman–Crippen MR) is 85.0 cm³/mol. The molecule has 19 heavy (non-hydrogen) atoms. The van der Waals surface area contributed by atoms with Crippen molar-refractivity contribution in [2.24, 2.45) is 0 Å². The molecule has 1 nitrogen and oxygen atoms in total. The maximum absolute atomic E-state index is 10.2. The van der Waals surface area contributed by atoms with Gasteiger partial charge in [-0.3, -0.25) is 0 Å². The molecule has 1 heteroatoms. The van der Waals surface area contributed by atoms with E-state index in [-0.39, 0.29) is 6.61 Å². The Hall–Kier alpha value is -0.300. The van der Waals surface area contributed by atoms with E-state index in [0.29, 0.717) is 0 Å². The lowest BCUT2D eigenvalue weighted by atomic mass is 10.0. The van der Waals surface area contributed by atoms with Crippen molar-refractivity contribution in [3.05, 3.63) is 12.2 Å². The van der Waals surface area contributed by atoms with Crippen LogP contribution in [-0.4, -0.2) is 6.61 Å². The Morgan fingerprint density at radius 3 is 1.42 bits per heavy atom. The molecule has 0 aromatic carbocycles. The molecular formula is C18H35O. The van der Waals surface area contributed by atoms with Crippen molar-refractivity contribution in [1.82, 2.24) is 0 Å². The molecule has 0 saturated carbocycles. The van der Waals surface area contributed by atoms with E-state index in [9.17, 15) is 5.11 Å². The van der Waals surface area contributed by atoms with Crippen molar-refractivity contribution in [1.29, 1.82) is 0 Å². The molecule has 0 amide bonds. The third kappa shape index (κ3) is 17.7. The second-order valence-electron chi connectivity index (χ2n) is 5.67. The van der Waals surface area contributed by atoms with Crippen LogP contribution in [0.15, 0.2) is 12.2 Å². The molecule has 1 radical (unpaired) electrons. The van der Waals surface area contributed by atoms with Gasteiger partial charge in [0.15, 0.2) is 0 Å². The van der Waals surface area contributed by atoms with E-state index in [4.69, 9.17) is 0 Å². The molecule has 0 aromatic rings. The van der Waals surface area contributed by atoms with Gasteiger partial charge in [-0.1, -0.05) is 96.1 Å². The molecule has 0 rings (SSSR count). The van der Waals surface area contributed by atoms with Crippen molar-refractivity contribution < 1.29 is 5.11 Å². The summed E-state index contributed by atoms with van der Waals surface area (Å²) in [6.07, 6.45) is 23.1. The van der Waals surface area contributed by atoms with Crippen molar-refractivity contribution >= 4 is 0 Å². The maximum Gasteiger partial charge on any atom is 0.100 e. The highest BCUT2D eigenvalue weighted by Gasteiger charge is 1.93. The van der Waals surface area contributed by atoms with Gasteiger partial charge >= 0.3 is 0 Å². The molecule has 0 saturated heterocycles. The zero-order valence-corrected chi connectivity index (χ0v) is 13.2. The fourth-order valence-electron chi connectivity index (χ4n) is 2.47. The molecule has 0 spiro atoms. The largest absolute Gasteiger partial charge is 0.232 e. The highest BCUT2D eigenvalue weighted by atomic mass is 16.2. The molecular weight excluding hydrogens is 232 g/mol. The van der Waals surface area contributed by atoms with Gasteiger partial charge in [-0.15, -0.1) is 0 Å². The van der Waals surface area contributed by atoms with Crippen LogP contribution in [-0.2, 0) is 5.11 Å². The quantitative estimate of drug-likeness (QED) is 0.240. The first kappa shape index (κ1) is 18.7. The number of rotatable bonds is 15. The minimum Gasteiger partial charge on any atom is -0.232 e. The van der Waals surface area contributed by atoms with Gasteiger partial charge in [0.25, 0.3) is 0 Å². The molecule has 113 valence electrons. The fourth-order valence-corrected chi connectivity index (χ4v) is 2.47. The van der Waals surface area contributed by atoms with E-state index in [1.165, 1.54) is 83.5 Å². The van der Waals surface area contributed by atoms with Crippen LogP contribution >= 0.6 is 0 Å². The van der Waals surface area contributed by atoms with Crippen LogP contribution < -0.4 is 0 Å². The van der Waals surface area contributed by atoms with Gasteiger partial charge in [-0.25, -0.2) is 5.11 Å². The molecule has 0 aliphatic carbocycles. The molecule has 0 aliphatic heterocycles. The van der Waals surface area contributed by atoms with Crippen molar-refractivity contribution in [3.63, 3.8) is 0 Å². The zero-order valence-electron chi connectivity index (χ0n) is 13.2. The standard InChI is InChI=1S/C18H35O/c1-2-3-4-5-6-7-8-9-10-11-12-13-14-15-16-17-18-19/h16-17H,2-15,18H2,1H3. The maximum atomic E-state index is 10.2. The number of unbranched alkanes of at least 4 members (excludes halogenated alkanes) is 13. The van der Waals surface area contributed by atoms with Gasteiger partial charge in [0.05, 0.1) is 0 Å². The van der Waals surface area contributed by atoms with Crippen LogP contribution in [0.5, 0.6) is 0 Å². The van der Waals surface area contributed by atoms with E-state index in [1.54, 1.807) is 6.08 Å². The van der Waals surface area contributed by atoms with Crippen LogP contribution in [0, 0.1) is 0 Å². The van der Waals surface area contributed by atoms with Gasteiger partial charge in [0, 0.05) is 0 Å². The Morgan fingerprint density at radius 2 is 1.00 bits per heavy atom. The van der Waals surface area contributed by atoms with E-state index >= 15 is 0 Å². The van der Waals surface area contributed by atoms with Crippen LogP contribution in [0.3, 0.4) is 0 Å². The summed E-state index contributed by atoms with van der Waals surface area (Å²) in [4.78, 5) is 0. The van der Waals surface area contributed by atoms with Crippen molar-refractivity contribution in [2.45, 2.75) is 96.8 Å². The monoisotopic (exact) mass is 267 g/mol. The summed E-state index contributed by atoms with van der Waals surface area (Å²) in [5.74, 6) is 0. The SMILES string of the molecule is CCCCCCCCCCCCCCCC=CC[O]. The minimum atomic E-state index is -0.0571. The van der Waals surface area contributed by atoms with E-state index in [0.717, 1.165) is 6.42 Å². The fraction of sp³-hybridized carbons (Fsp3) is 0.889. The second-order valence-corrected chi connectivity index (χ2v) is 5.67. The van der Waals surface area contributed by atoms with Crippen LogP contribution in [0.4, 0.5) is 0 Å². The molecule has 0 aromatic heterocycles. The van der Waals surface area contributed by atoms with Crippen LogP contribution in [0.25, 0.3) is 0 Å². The summed E-state index contributed by atoms with van der Waals surface area (Å²) in [5, 5.41) is 10.2. The smallest absolute Gasteiger partial charge is 0.100 e. The average molecular weight is 267 g/mol. The molecule has 0 fully saturated rings. The molecule has 0 N–H and O–H groups in total. The lowest BCUT2D eigenvalue weighted by Gasteiger charge is -2.02. The van der Waals surface area contributed by atoms with Gasteiger partial charge in [0.2, 0.25) is 0 Å². The Kier molecular flexibility index (Phi) is 17.4. The summed E-state index contributed by atoms with van der Waals surface area (Å²) in [5.41, 5.74) is 0. The molecule has 0 heterocycles. The summed E-state index contributed by atoms with van der Waals surface area (Å²) in [6.45, 7) is 2.22. The zero-order chi connectivity index (χ0) is 14.0. The summed E-state index contributed by atoms with van der Waals surface area (Å²) in [6, 6.07) is 0. The van der Waals surface area contributed by atoms with Crippen molar-refractivity contribution in [2.75, 3.05) is 6.61 Å². The van der Waals surface area contributed by atoms with Gasteiger partial charge in [-0.05, 0) is 12.8 Å². The van der Waals surface area contributed by atoms with Gasteiger partial charge in [0.1, 0.15) is 6.61 Å². The number of hydrogen-bond donors (Lipinski definition) is 0. The predicted octanol–water partition coefficient (Wildman–Crippen LogP) is 6.45. The lowest BCUT2D eigenvalue weighted by molar-refractivity contribution is 0.232. The lowest BCUT2D eigenvalue weighted by Crippen LogP contribution is -1.82. The minimum absolute atomic E-state index is 0.0571. The van der Waals surface area contributed by atoms with Gasteiger partial charge < -0.3 is 0 Å². The van der Waals surface area contributed by atoms with Crippen molar-refractivity contribution in [3.8, 4) is 0 Å². The third-order valence-electron chi connectivity index (χ3n) is 3.74. The average Bonchev–Trinajstić information content (AvgIpc) is 2.43. The highest BCUT2D eigenvalue weighted by molar-refractivity contribution is 4.80. The van der Waals surface area contributed by atoms with Crippen LogP contribution in [0.1, 0.15) is 96.8 Å². The third-order valence-corrected chi connectivity index (χ3v) is 3.74. The number of allylic oxidation sites excluding steroid dienone is 1. The molecule has 0 bridgehead atoms. The summed E-state index contributed by atoms with van der Waals surface area (Å²) in [7, 11) is 0. The van der Waals surface area contributed by atoms with Crippen LogP contribution in [0.2, 0.25) is 0 Å². The Labute approximate surface area is 121 Å². The van der Waals surface area contributed by atoms with E-state index in [2.05, 4.69) is 6.92 Å². The number of hydrogen-bond acceptors (Lipinski definition) is 0. The molecule has 0 unspecified atom stereocenters. The molecule has 0 aliphatic rings. The highest BCUT2D eigenvalue weighted by Crippen LogP contribution is 2.12. The Bertz CT molecular complexity index is 175. The Morgan fingerprint density at radius 1 is 0.579 bits per heavy atom. The Balaban J connectivity index is 2.93. The first-order chi connectivity index (χ1) is 9.41. The van der Waals surface area contributed by atoms with Gasteiger partial charge in [-0.2, -0.15) is 0 Å². The van der Waals surface area contributed by atoms with E-state index < -0.39 is 0 Å². The summed E-state index contributed by atoms with van der Waals surface area (Å²) >= 11 is 0. The molecule has 0 atom stereocenters. The first-order valence-corrected chi connectivity index (χ1v) is 8.65. The van der Waals surface area contributed by atoms with E-state index in [1.807, 2.05) is 6.08 Å². The second kappa shape index (κ2) is 17.7. The topological polar surface area (TPSA) is 19.9 Å². The summed E-state index contributed by atoms with van der Waals surface area (Å²) < 4.78 is 0. The first-order valence-electron chi connectivity index (χ1n) is 8.65.